The van der Waals surface area contributed by atoms with Crippen LogP contribution in [0.4, 0.5) is 0 Å². The van der Waals surface area contributed by atoms with Crippen LogP contribution in [0.5, 0.6) is 0 Å². The summed E-state index contributed by atoms with van der Waals surface area (Å²) in [5.74, 6) is 3.87. The van der Waals surface area contributed by atoms with Gasteiger partial charge in [0.2, 0.25) is 0 Å². The molecule has 0 saturated carbocycles. The minimum absolute atomic E-state index is 0.344. The molecule has 0 aromatic heterocycles. The van der Waals surface area contributed by atoms with Gasteiger partial charge in [0.1, 0.15) is 0 Å². The van der Waals surface area contributed by atoms with Crippen LogP contribution in [0.1, 0.15) is 38.2 Å². The van der Waals surface area contributed by atoms with Gasteiger partial charge in [-0.15, -0.1) is 6.42 Å². The average molecular weight is 255 g/mol. The molecule has 1 aliphatic heterocycles. The van der Waals surface area contributed by atoms with Crippen molar-refractivity contribution in [3.63, 3.8) is 0 Å². The summed E-state index contributed by atoms with van der Waals surface area (Å²) in [6, 6.07) is 11.0. The molecule has 1 atom stereocenters. The second-order valence-corrected chi connectivity index (χ2v) is 5.78. The van der Waals surface area contributed by atoms with E-state index < -0.39 is 0 Å². The second-order valence-electron chi connectivity index (χ2n) is 5.78. The van der Waals surface area contributed by atoms with E-state index in [9.17, 15) is 0 Å². The van der Waals surface area contributed by atoms with Crippen LogP contribution in [0.15, 0.2) is 30.3 Å². The van der Waals surface area contributed by atoms with Crippen molar-refractivity contribution in [3.05, 3.63) is 35.9 Å². The lowest BCUT2D eigenvalue weighted by molar-refractivity contribution is 0.159. The number of likely N-dealkylation sites (tertiary alicyclic amines) is 1. The Morgan fingerprint density at radius 2 is 1.95 bits per heavy atom. The summed E-state index contributed by atoms with van der Waals surface area (Å²) in [6.45, 7) is 4.71. The lowest BCUT2D eigenvalue weighted by atomic mass is 9.96. The molecule has 1 aromatic carbocycles. The van der Waals surface area contributed by atoms with Crippen molar-refractivity contribution in [2.24, 2.45) is 5.92 Å². The van der Waals surface area contributed by atoms with E-state index in [0.717, 1.165) is 18.8 Å². The fourth-order valence-electron chi connectivity index (χ4n) is 2.86. The molecule has 0 aliphatic carbocycles. The summed E-state index contributed by atoms with van der Waals surface area (Å²) in [5.41, 5.74) is 1.42. The number of piperidine rings is 1. The number of rotatable bonds is 5. The van der Waals surface area contributed by atoms with Gasteiger partial charge in [0.15, 0.2) is 0 Å². The summed E-state index contributed by atoms with van der Waals surface area (Å²) < 4.78 is 0. The van der Waals surface area contributed by atoms with Gasteiger partial charge >= 0.3 is 0 Å². The third-order valence-corrected chi connectivity index (χ3v) is 4.24. The number of hydrogen-bond acceptors (Lipinski definition) is 1. The van der Waals surface area contributed by atoms with Gasteiger partial charge in [0.25, 0.3) is 0 Å². The fourth-order valence-corrected chi connectivity index (χ4v) is 2.86. The van der Waals surface area contributed by atoms with Crippen LogP contribution in [0.2, 0.25) is 0 Å². The molecule has 0 radical (unpaired) electrons. The van der Waals surface area contributed by atoms with E-state index in [4.69, 9.17) is 6.42 Å². The molecule has 1 saturated heterocycles. The monoisotopic (exact) mass is 255 g/mol. The molecule has 0 bridgehead atoms. The number of benzene rings is 1. The van der Waals surface area contributed by atoms with Crippen LogP contribution in [0, 0.1) is 18.3 Å². The van der Waals surface area contributed by atoms with Crippen molar-refractivity contribution in [1.82, 2.24) is 4.90 Å². The van der Waals surface area contributed by atoms with Gasteiger partial charge in [-0.1, -0.05) is 43.2 Å². The Hall–Kier alpha value is -1.26. The second kappa shape index (κ2) is 7.36. The number of hydrogen-bond donors (Lipinski definition) is 0. The van der Waals surface area contributed by atoms with Gasteiger partial charge in [-0.2, -0.15) is 0 Å². The van der Waals surface area contributed by atoms with Crippen molar-refractivity contribution in [2.75, 3.05) is 13.1 Å². The zero-order valence-electron chi connectivity index (χ0n) is 12.0. The molecule has 0 spiro atoms. The third kappa shape index (κ3) is 4.40. The fraction of sp³-hybridized carbons (Fsp3) is 0.556. The molecule has 1 heteroatoms. The predicted molar refractivity (Wildman–Crippen MR) is 82.0 cm³/mol. The van der Waals surface area contributed by atoms with Gasteiger partial charge in [0, 0.05) is 0 Å². The van der Waals surface area contributed by atoms with Crippen molar-refractivity contribution in [3.8, 4) is 12.3 Å². The normalized spacial score (nSPS) is 18.9. The van der Waals surface area contributed by atoms with Crippen molar-refractivity contribution < 1.29 is 0 Å². The summed E-state index contributed by atoms with van der Waals surface area (Å²) in [5, 5.41) is 0. The molecule has 1 unspecified atom stereocenters. The Kier molecular flexibility index (Phi) is 5.48. The largest absolute Gasteiger partial charge is 0.290 e. The summed E-state index contributed by atoms with van der Waals surface area (Å²) >= 11 is 0. The molecule has 1 aromatic rings. The van der Waals surface area contributed by atoms with Crippen LogP contribution >= 0.6 is 0 Å². The first-order chi connectivity index (χ1) is 9.29. The Morgan fingerprint density at radius 1 is 1.26 bits per heavy atom. The molecule has 1 fully saturated rings. The lowest BCUT2D eigenvalue weighted by Crippen LogP contribution is -2.40. The van der Waals surface area contributed by atoms with E-state index in [1.165, 1.54) is 37.9 Å². The van der Waals surface area contributed by atoms with Crippen LogP contribution in [0.25, 0.3) is 0 Å². The molecule has 19 heavy (non-hydrogen) atoms. The maximum atomic E-state index is 5.73. The van der Waals surface area contributed by atoms with Crippen molar-refractivity contribution >= 4 is 0 Å². The smallest absolute Gasteiger partial charge is 0.0712 e. The summed E-state index contributed by atoms with van der Waals surface area (Å²) in [7, 11) is 0. The Balaban J connectivity index is 1.75. The Morgan fingerprint density at radius 3 is 2.58 bits per heavy atom. The van der Waals surface area contributed by atoms with Gasteiger partial charge in [-0.05, 0) is 56.7 Å². The first kappa shape index (κ1) is 14.2. The molecular weight excluding hydrogens is 230 g/mol. The zero-order chi connectivity index (χ0) is 13.5. The van der Waals surface area contributed by atoms with E-state index in [1.54, 1.807) is 0 Å². The Labute approximate surface area is 118 Å². The third-order valence-electron chi connectivity index (χ3n) is 4.24. The standard InChI is InChI=1S/C18H25N/c1-3-18(19-14-12-16(2)13-15-19)11-7-10-17-8-5-4-6-9-17/h1,4-6,8-9,16,18H,7,10-15H2,2H3. The van der Waals surface area contributed by atoms with Crippen molar-refractivity contribution in [2.45, 2.75) is 45.1 Å². The van der Waals surface area contributed by atoms with E-state index in [0.29, 0.717) is 6.04 Å². The highest BCUT2D eigenvalue weighted by Crippen LogP contribution is 2.20. The van der Waals surface area contributed by atoms with Gasteiger partial charge in [-0.25, -0.2) is 0 Å². The summed E-state index contributed by atoms with van der Waals surface area (Å²) in [6.07, 6.45) is 11.8. The topological polar surface area (TPSA) is 3.24 Å². The van der Waals surface area contributed by atoms with E-state index >= 15 is 0 Å². The first-order valence-electron chi connectivity index (χ1n) is 7.53. The Bertz CT molecular complexity index is 395. The van der Waals surface area contributed by atoms with E-state index in [-0.39, 0.29) is 0 Å². The zero-order valence-corrected chi connectivity index (χ0v) is 12.0. The van der Waals surface area contributed by atoms with Gasteiger partial charge < -0.3 is 0 Å². The van der Waals surface area contributed by atoms with Crippen LogP contribution in [0.3, 0.4) is 0 Å². The molecule has 2 rings (SSSR count). The van der Waals surface area contributed by atoms with E-state index in [2.05, 4.69) is 48.1 Å². The number of terminal acetylenes is 1. The lowest BCUT2D eigenvalue weighted by Gasteiger charge is -2.34. The number of aryl methyl sites for hydroxylation is 1. The molecule has 1 nitrogen and oxygen atoms in total. The number of nitrogens with zero attached hydrogens (tertiary/aromatic N) is 1. The molecule has 1 heterocycles. The van der Waals surface area contributed by atoms with Crippen LogP contribution in [-0.2, 0) is 6.42 Å². The molecule has 1 aliphatic rings. The molecule has 0 amide bonds. The SMILES string of the molecule is C#CC(CCCc1ccccc1)N1CCC(C)CC1. The van der Waals surface area contributed by atoms with Gasteiger partial charge in [-0.3, -0.25) is 4.90 Å². The maximum Gasteiger partial charge on any atom is 0.0712 e. The quantitative estimate of drug-likeness (QED) is 0.724. The highest BCUT2D eigenvalue weighted by Gasteiger charge is 2.21. The van der Waals surface area contributed by atoms with E-state index in [1.807, 2.05) is 0 Å². The van der Waals surface area contributed by atoms with Crippen LogP contribution < -0.4 is 0 Å². The average Bonchev–Trinajstić information content (AvgIpc) is 2.46. The predicted octanol–water partition coefficient (Wildman–Crippen LogP) is 3.74. The van der Waals surface area contributed by atoms with Gasteiger partial charge in [0.05, 0.1) is 6.04 Å². The maximum absolute atomic E-state index is 5.73. The highest BCUT2D eigenvalue weighted by molar-refractivity contribution is 5.14. The summed E-state index contributed by atoms with van der Waals surface area (Å²) in [4.78, 5) is 2.50. The highest BCUT2D eigenvalue weighted by atomic mass is 15.2. The molecule has 102 valence electrons. The van der Waals surface area contributed by atoms with Crippen LogP contribution in [-0.4, -0.2) is 24.0 Å². The van der Waals surface area contributed by atoms with Crippen molar-refractivity contribution in [1.29, 1.82) is 0 Å². The first-order valence-corrected chi connectivity index (χ1v) is 7.53. The minimum atomic E-state index is 0.344. The minimum Gasteiger partial charge on any atom is -0.290 e. The molecular formula is C18H25N. The molecule has 0 N–H and O–H groups in total.